The van der Waals surface area contributed by atoms with Crippen LogP contribution in [0, 0.1) is 5.41 Å². The van der Waals surface area contributed by atoms with Crippen molar-refractivity contribution >= 4 is 5.69 Å². The first-order valence-corrected chi connectivity index (χ1v) is 7.98. The molecule has 0 aromatic heterocycles. The minimum absolute atomic E-state index is 0.428. The lowest BCUT2D eigenvalue weighted by Crippen LogP contribution is -2.60. The Kier molecular flexibility index (Phi) is 3.84. The number of nitrogens with one attached hydrogen (secondary N) is 1. The molecule has 3 rings (SSSR count). The van der Waals surface area contributed by atoms with E-state index < -0.39 is 0 Å². The Bertz CT molecular complexity index is 521. The Morgan fingerprint density at radius 3 is 2.62 bits per heavy atom. The zero-order valence-corrected chi connectivity index (χ0v) is 13.4. The molecule has 21 heavy (non-hydrogen) atoms. The van der Waals surface area contributed by atoms with E-state index in [4.69, 9.17) is 10.5 Å². The number of rotatable bonds is 3. The molecule has 0 saturated carbocycles. The van der Waals surface area contributed by atoms with Crippen LogP contribution in [0.5, 0.6) is 5.75 Å². The maximum absolute atomic E-state index is 6.07. The summed E-state index contributed by atoms with van der Waals surface area (Å²) in [6.45, 7) is 5.74. The van der Waals surface area contributed by atoms with Crippen molar-refractivity contribution in [3.05, 3.63) is 23.3 Å². The number of methoxy groups -OCH3 is 1. The summed E-state index contributed by atoms with van der Waals surface area (Å²) in [5.41, 5.74) is 9.98. The molecule has 116 valence electrons. The highest BCUT2D eigenvalue weighted by Crippen LogP contribution is 2.50. The third-order valence-electron chi connectivity index (χ3n) is 5.44. The van der Waals surface area contributed by atoms with Gasteiger partial charge >= 0.3 is 0 Å². The second-order valence-corrected chi connectivity index (χ2v) is 6.63. The van der Waals surface area contributed by atoms with Crippen LogP contribution in [-0.4, -0.2) is 38.7 Å². The Balaban J connectivity index is 1.93. The molecule has 1 spiro atoms. The summed E-state index contributed by atoms with van der Waals surface area (Å²) in [5, 5.41) is 3.67. The number of ether oxygens (including phenoxy) is 1. The van der Waals surface area contributed by atoms with E-state index in [0.717, 1.165) is 24.4 Å². The van der Waals surface area contributed by atoms with Crippen molar-refractivity contribution in [2.24, 2.45) is 5.41 Å². The van der Waals surface area contributed by atoms with E-state index in [0.29, 0.717) is 11.5 Å². The zero-order chi connectivity index (χ0) is 15.0. The standard InChI is InChI=1S/C17H27N3O/c1-4-12-9-14(18)15(21-3)10-13(12)16-17(11-19-16)5-7-20(2)8-6-17/h9-10,16,19H,4-8,11,18H2,1-3H3. The van der Waals surface area contributed by atoms with E-state index in [1.165, 1.54) is 37.1 Å². The summed E-state index contributed by atoms with van der Waals surface area (Å²) in [4.78, 5) is 2.44. The minimum atomic E-state index is 0.428. The fourth-order valence-electron chi connectivity index (χ4n) is 3.87. The molecular formula is C17H27N3O. The maximum atomic E-state index is 6.07. The molecule has 0 bridgehead atoms. The van der Waals surface area contributed by atoms with E-state index in [2.05, 4.69) is 36.3 Å². The van der Waals surface area contributed by atoms with E-state index in [-0.39, 0.29) is 0 Å². The lowest BCUT2D eigenvalue weighted by molar-refractivity contribution is 0.0102. The number of piperidine rings is 1. The van der Waals surface area contributed by atoms with Gasteiger partial charge in [0.25, 0.3) is 0 Å². The number of hydrogen-bond donors (Lipinski definition) is 2. The number of aryl methyl sites for hydroxylation is 1. The number of benzene rings is 1. The second kappa shape index (κ2) is 5.50. The predicted octanol–water partition coefficient (Wildman–Crippen LogP) is 2.20. The summed E-state index contributed by atoms with van der Waals surface area (Å²) in [6, 6.07) is 4.71. The van der Waals surface area contributed by atoms with Crippen LogP contribution in [0.2, 0.25) is 0 Å². The van der Waals surface area contributed by atoms with E-state index >= 15 is 0 Å². The fourth-order valence-corrected chi connectivity index (χ4v) is 3.87. The average molecular weight is 289 g/mol. The summed E-state index contributed by atoms with van der Waals surface area (Å²) in [6.07, 6.45) is 3.56. The quantitative estimate of drug-likeness (QED) is 0.838. The van der Waals surface area contributed by atoms with Crippen LogP contribution in [0.15, 0.2) is 12.1 Å². The molecule has 1 atom stereocenters. The monoisotopic (exact) mass is 289 g/mol. The molecule has 1 aromatic rings. The highest BCUT2D eigenvalue weighted by atomic mass is 16.5. The Morgan fingerprint density at radius 2 is 2.10 bits per heavy atom. The van der Waals surface area contributed by atoms with Crippen LogP contribution in [-0.2, 0) is 6.42 Å². The Hall–Kier alpha value is -1.26. The fraction of sp³-hybridized carbons (Fsp3) is 0.647. The molecule has 0 aliphatic carbocycles. The highest BCUT2D eigenvalue weighted by Gasteiger charge is 2.48. The van der Waals surface area contributed by atoms with Gasteiger partial charge in [0.1, 0.15) is 5.75 Å². The number of anilines is 1. The van der Waals surface area contributed by atoms with Crippen molar-refractivity contribution in [1.82, 2.24) is 10.2 Å². The first-order chi connectivity index (χ1) is 10.1. The first kappa shape index (κ1) is 14.7. The van der Waals surface area contributed by atoms with Gasteiger partial charge in [-0.25, -0.2) is 0 Å². The van der Waals surface area contributed by atoms with Gasteiger partial charge in [-0.1, -0.05) is 6.92 Å². The number of nitrogens with two attached hydrogens (primary N) is 1. The van der Waals surface area contributed by atoms with Gasteiger partial charge in [-0.2, -0.15) is 0 Å². The van der Waals surface area contributed by atoms with Crippen molar-refractivity contribution in [3.8, 4) is 5.75 Å². The van der Waals surface area contributed by atoms with Crippen LogP contribution in [0.1, 0.15) is 36.9 Å². The molecule has 2 aliphatic rings. The SMILES string of the molecule is CCc1cc(N)c(OC)cc1C1NCC12CCN(C)CC2. The number of hydrogen-bond acceptors (Lipinski definition) is 4. The summed E-state index contributed by atoms with van der Waals surface area (Å²) >= 11 is 0. The number of nitrogens with zero attached hydrogens (tertiary/aromatic N) is 1. The molecule has 2 saturated heterocycles. The predicted molar refractivity (Wildman–Crippen MR) is 86.7 cm³/mol. The van der Waals surface area contributed by atoms with Gasteiger partial charge in [-0.15, -0.1) is 0 Å². The molecule has 4 nitrogen and oxygen atoms in total. The van der Waals surface area contributed by atoms with Crippen LogP contribution in [0.3, 0.4) is 0 Å². The van der Waals surface area contributed by atoms with Gasteiger partial charge in [-0.3, -0.25) is 0 Å². The van der Waals surface area contributed by atoms with Crippen molar-refractivity contribution < 1.29 is 4.74 Å². The van der Waals surface area contributed by atoms with Gasteiger partial charge in [0.05, 0.1) is 12.8 Å². The maximum Gasteiger partial charge on any atom is 0.142 e. The second-order valence-electron chi connectivity index (χ2n) is 6.63. The molecule has 3 N–H and O–H groups in total. The van der Waals surface area contributed by atoms with Crippen LogP contribution >= 0.6 is 0 Å². The average Bonchev–Trinajstić information content (AvgIpc) is 2.48. The van der Waals surface area contributed by atoms with Gasteiger partial charge < -0.3 is 20.7 Å². The summed E-state index contributed by atoms with van der Waals surface area (Å²) in [5.74, 6) is 0.805. The van der Waals surface area contributed by atoms with E-state index in [9.17, 15) is 0 Å². The minimum Gasteiger partial charge on any atom is -0.495 e. The zero-order valence-electron chi connectivity index (χ0n) is 13.4. The van der Waals surface area contributed by atoms with Crippen molar-refractivity contribution in [2.45, 2.75) is 32.2 Å². The van der Waals surface area contributed by atoms with Crippen LogP contribution in [0.4, 0.5) is 5.69 Å². The molecule has 0 radical (unpaired) electrons. The van der Waals surface area contributed by atoms with Gasteiger partial charge in [0.2, 0.25) is 0 Å². The summed E-state index contributed by atoms with van der Waals surface area (Å²) in [7, 11) is 3.91. The molecular weight excluding hydrogens is 262 g/mol. The molecule has 4 heteroatoms. The van der Waals surface area contributed by atoms with Gasteiger partial charge in [0, 0.05) is 18.0 Å². The van der Waals surface area contributed by atoms with Crippen LogP contribution < -0.4 is 15.8 Å². The third-order valence-corrected chi connectivity index (χ3v) is 5.44. The molecule has 1 unspecified atom stereocenters. The van der Waals surface area contributed by atoms with Gasteiger partial charge in [-0.05, 0) is 62.7 Å². The Labute approximate surface area is 127 Å². The third kappa shape index (κ3) is 2.40. The van der Waals surface area contributed by atoms with E-state index in [1.54, 1.807) is 7.11 Å². The molecule has 2 fully saturated rings. The van der Waals surface area contributed by atoms with E-state index in [1.807, 2.05) is 0 Å². The van der Waals surface area contributed by atoms with Crippen molar-refractivity contribution in [2.75, 3.05) is 39.5 Å². The molecule has 2 heterocycles. The normalized spacial score (nSPS) is 24.8. The van der Waals surface area contributed by atoms with Crippen molar-refractivity contribution in [1.29, 1.82) is 0 Å². The molecule has 2 aliphatic heterocycles. The molecule has 0 amide bonds. The van der Waals surface area contributed by atoms with Crippen LogP contribution in [0.25, 0.3) is 0 Å². The smallest absolute Gasteiger partial charge is 0.142 e. The number of likely N-dealkylation sites (tertiary alicyclic amines) is 1. The highest BCUT2D eigenvalue weighted by molar-refractivity contribution is 5.58. The Morgan fingerprint density at radius 1 is 1.38 bits per heavy atom. The summed E-state index contributed by atoms with van der Waals surface area (Å²) < 4.78 is 5.44. The lowest BCUT2D eigenvalue weighted by Gasteiger charge is -2.55. The lowest BCUT2D eigenvalue weighted by atomic mass is 9.64. The topological polar surface area (TPSA) is 50.5 Å². The van der Waals surface area contributed by atoms with Gasteiger partial charge in [0.15, 0.2) is 0 Å². The number of nitrogen functional groups attached to an aromatic ring is 1. The largest absolute Gasteiger partial charge is 0.495 e. The first-order valence-electron chi connectivity index (χ1n) is 7.98. The van der Waals surface area contributed by atoms with Crippen molar-refractivity contribution in [3.63, 3.8) is 0 Å². The molecule has 1 aromatic carbocycles.